The molecule has 0 rings (SSSR count). The van der Waals surface area contributed by atoms with Crippen LogP contribution in [0, 0.1) is 0 Å². The fraction of sp³-hybridized carbons (Fsp3) is 1.00. The molecule has 21 heteroatoms. The molecule has 0 radical (unpaired) electrons. The molecule has 0 aliphatic heterocycles. The van der Waals surface area contributed by atoms with E-state index in [9.17, 15) is 78.7 Å². The van der Waals surface area contributed by atoms with Gasteiger partial charge in [-0.1, -0.05) is 0 Å². The standard InChI is InChI=1S/C9H4F16O3S.C2H7N/c10-2(1-3(11,12)13)4(14,15)5(16,17)6(18,19)7(20,21)8(22,23)9(24,25)29(26,27)28;1-3-2/h2H,1H2,(H,26,27,28);3H,1-2H3. The van der Waals surface area contributed by atoms with E-state index >= 15 is 0 Å². The first-order valence-electron chi connectivity index (χ1n) is 7.07. The minimum atomic E-state index is -8.50. The summed E-state index contributed by atoms with van der Waals surface area (Å²) in [5.74, 6) is -41.0. The topological polar surface area (TPSA) is 66.4 Å². The number of alkyl halides is 16. The van der Waals surface area contributed by atoms with Crippen LogP contribution in [-0.4, -0.2) is 74.3 Å². The highest BCUT2D eigenvalue weighted by molar-refractivity contribution is 7.87. The first-order valence-corrected chi connectivity index (χ1v) is 8.51. The molecule has 0 aliphatic carbocycles. The van der Waals surface area contributed by atoms with E-state index in [2.05, 4.69) is 5.32 Å². The van der Waals surface area contributed by atoms with Crippen molar-refractivity contribution in [3.8, 4) is 0 Å². The number of hydrogen-bond donors (Lipinski definition) is 2. The molecule has 1 unspecified atom stereocenters. The molecule has 1 atom stereocenters. The molecule has 0 aromatic rings. The fourth-order valence-corrected chi connectivity index (χ4v) is 1.93. The summed E-state index contributed by atoms with van der Waals surface area (Å²) >= 11 is 0. The largest absolute Gasteiger partial charge is 0.438 e. The summed E-state index contributed by atoms with van der Waals surface area (Å²) in [6.45, 7) is 0. The SMILES string of the molecule is CNC.O=S(=O)(O)C(F)(F)C(F)(F)C(F)(F)C(F)(F)C(F)(F)C(F)(F)C(F)CC(F)(F)F. The fourth-order valence-electron chi connectivity index (χ4n) is 1.48. The van der Waals surface area contributed by atoms with Gasteiger partial charge in [0, 0.05) is 0 Å². The number of hydrogen-bond acceptors (Lipinski definition) is 3. The third kappa shape index (κ3) is 5.45. The van der Waals surface area contributed by atoms with Gasteiger partial charge in [0.15, 0.2) is 6.17 Å². The van der Waals surface area contributed by atoms with Crippen LogP contribution in [0.2, 0.25) is 0 Å². The van der Waals surface area contributed by atoms with Crippen LogP contribution in [0.3, 0.4) is 0 Å². The summed E-state index contributed by atoms with van der Waals surface area (Å²) in [6, 6.07) is 0. The van der Waals surface area contributed by atoms with Gasteiger partial charge in [-0.05, 0) is 14.1 Å². The second-order valence-corrected chi connectivity index (χ2v) is 7.16. The Labute approximate surface area is 167 Å². The molecule has 0 saturated heterocycles. The van der Waals surface area contributed by atoms with Gasteiger partial charge in [-0.3, -0.25) is 4.55 Å². The van der Waals surface area contributed by atoms with Crippen LogP contribution in [0.25, 0.3) is 0 Å². The highest BCUT2D eigenvalue weighted by Crippen LogP contribution is 2.61. The molecule has 0 bridgehead atoms. The van der Waals surface area contributed by atoms with Gasteiger partial charge < -0.3 is 5.32 Å². The molecule has 0 spiro atoms. The van der Waals surface area contributed by atoms with Gasteiger partial charge in [0.25, 0.3) is 0 Å². The number of rotatable bonds is 8. The Morgan fingerprint density at radius 3 is 1.22 bits per heavy atom. The lowest BCUT2D eigenvalue weighted by atomic mass is 9.91. The van der Waals surface area contributed by atoms with Crippen LogP contribution in [0.4, 0.5) is 70.2 Å². The number of nitrogens with one attached hydrogen (secondary N) is 1. The normalized spacial score (nSPS) is 16.3. The maximum atomic E-state index is 13.2. The highest BCUT2D eigenvalue weighted by Gasteiger charge is 2.92. The Balaban J connectivity index is 0. The first-order chi connectivity index (χ1) is 13.5. The van der Waals surface area contributed by atoms with Crippen molar-refractivity contribution in [2.75, 3.05) is 14.1 Å². The van der Waals surface area contributed by atoms with Crippen molar-refractivity contribution in [2.24, 2.45) is 0 Å². The lowest BCUT2D eigenvalue weighted by molar-refractivity contribution is -0.422. The second kappa shape index (κ2) is 9.18. The monoisotopic (exact) mass is 541 g/mol. The van der Waals surface area contributed by atoms with E-state index in [4.69, 9.17) is 4.55 Å². The third-order valence-corrected chi connectivity index (χ3v) is 4.00. The smallest absolute Gasteiger partial charge is 0.323 e. The average Bonchev–Trinajstić information content (AvgIpc) is 2.51. The van der Waals surface area contributed by atoms with Crippen LogP contribution in [0.1, 0.15) is 6.42 Å². The Morgan fingerprint density at radius 1 is 0.688 bits per heavy atom. The molecule has 2 N–H and O–H groups in total. The molecule has 0 aromatic heterocycles. The predicted octanol–water partition coefficient (Wildman–Crippen LogP) is 4.77. The van der Waals surface area contributed by atoms with Crippen LogP contribution < -0.4 is 5.32 Å². The molecular formula is C11H11F16NO3S. The molecule has 0 fully saturated rings. The Morgan fingerprint density at radius 2 is 0.969 bits per heavy atom. The average molecular weight is 541 g/mol. The van der Waals surface area contributed by atoms with Crippen LogP contribution in [-0.2, 0) is 10.1 Å². The molecule has 0 amide bonds. The van der Waals surface area contributed by atoms with E-state index in [0.717, 1.165) is 0 Å². The summed E-state index contributed by atoms with van der Waals surface area (Å²) in [7, 11) is -4.03. The highest BCUT2D eigenvalue weighted by atomic mass is 32.2. The van der Waals surface area contributed by atoms with E-state index < -0.39 is 63.8 Å². The Kier molecular flexibility index (Phi) is 9.45. The summed E-state index contributed by atoms with van der Waals surface area (Å²) in [6.07, 6.45) is -15.3. The second-order valence-electron chi connectivity index (χ2n) is 5.70. The summed E-state index contributed by atoms with van der Waals surface area (Å²) in [5.41, 5.74) is 0. The molecule has 0 aliphatic rings. The lowest BCUT2D eigenvalue weighted by Crippen LogP contribution is -2.72. The van der Waals surface area contributed by atoms with Crippen LogP contribution in [0.15, 0.2) is 0 Å². The predicted molar refractivity (Wildman–Crippen MR) is 71.8 cm³/mol. The first kappa shape index (κ1) is 32.9. The van der Waals surface area contributed by atoms with E-state index in [1.807, 2.05) is 14.1 Å². The van der Waals surface area contributed by atoms with Gasteiger partial charge in [-0.2, -0.15) is 74.3 Å². The van der Waals surface area contributed by atoms with Crippen LogP contribution in [0.5, 0.6) is 0 Å². The summed E-state index contributed by atoms with van der Waals surface area (Å²) in [4.78, 5) is 0. The molecule has 0 aromatic carbocycles. The van der Waals surface area contributed by atoms with E-state index in [1.165, 1.54) is 0 Å². The molecule has 0 saturated carbocycles. The quantitative estimate of drug-likeness (QED) is 0.344. The maximum absolute atomic E-state index is 13.2. The Bertz CT molecular complexity index is 732. The maximum Gasteiger partial charge on any atom is 0.438 e. The molecule has 32 heavy (non-hydrogen) atoms. The zero-order valence-electron chi connectivity index (χ0n) is 15.0. The van der Waals surface area contributed by atoms with Gasteiger partial charge in [0.2, 0.25) is 0 Å². The van der Waals surface area contributed by atoms with Gasteiger partial charge >= 0.3 is 51.2 Å². The third-order valence-electron chi connectivity index (χ3n) is 3.10. The van der Waals surface area contributed by atoms with E-state index in [1.54, 1.807) is 0 Å². The molecule has 4 nitrogen and oxygen atoms in total. The van der Waals surface area contributed by atoms with Crippen molar-refractivity contribution < 1.29 is 83.2 Å². The van der Waals surface area contributed by atoms with Crippen molar-refractivity contribution in [1.29, 1.82) is 0 Å². The van der Waals surface area contributed by atoms with Crippen molar-refractivity contribution in [3.63, 3.8) is 0 Å². The summed E-state index contributed by atoms with van der Waals surface area (Å²) in [5, 5.41) is -4.95. The van der Waals surface area contributed by atoms with Crippen molar-refractivity contribution in [3.05, 3.63) is 0 Å². The molecular weight excluding hydrogens is 530 g/mol. The minimum absolute atomic E-state index is 1.88. The Hall–Kier alpha value is -1.25. The van der Waals surface area contributed by atoms with Gasteiger partial charge in [0.1, 0.15) is 0 Å². The van der Waals surface area contributed by atoms with E-state index in [0.29, 0.717) is 0 Å². The van der Waals surface area contributed by atoms with E-state index in [-0.39, 0.29) is 0 Å². The van der Waals surface area contributed by atoms with Crippen molar-refractivity contribution in [1.82, 2.24) is 5.32 Å². The zero-order chi connectivity index (χ0) is 27.0. The summed E-state index contributed by atoms with van der Waals surface area (Å²) < 4.78 is 232. The van der Waals surface area contributed by atoms with Crippen molar-refractivity contribution in [2.45, 2.75) is 53.6 Å². The zero-order valence-corrected chi connectivity index (χ0v) is 15.8. The lowest BCUT2D eigenvalue weighted by Gasteiger charge is -2.41. The van der Waals surface area contributed by atoms with Gasteiger partial charge in [-0.15, -0.1) is 0 Å². The molecule has 0 heterocycles. The van der Waals surface area contributed by atoms with Crippen molar-refractivity contribution >= 4 is 10.1 Å². The van der Waals surface area contributed by atoms with Gasteiger partial charge in [0.05, 0.1) is 6.42 Å². The minimum Gasteiger partial charge on any atom is -0.323 e. The number of halogens is 16. The van der Waals surface area contributed by atoms with Gasteiger partial charge in [-0.25, -0.2) is 4.39 Å². The molecule has 196 valence electrons. The van der Waals surface area contributed by atoms with Crippen LogP contribution >= 0.6 is 0 Å².